The van der Waals surface area contributed by atoms with E-state index in [2.05, 4.69) is 17.0 Å². The zero-order valence-electron chi connectivity index (χ0n) is 8.53. The van der Waals surface area contributed by atoms with E-state index in [0.717, 1.165) is 18.1 Å². The van der Waals surface area contributed by atoms with E-state index in [1.54, 1.807) is 0 Å². The van der Waals surface area contributed by atoms with Gasteiger partial charge in [-0.25, -0.2) is 0 Å². The van der Waals surface area contributed by atoms with Gasteiger partial charge >= 0.3 is 0 Å². The lowest BCUT2D eigenvalue weighted by atomic mass is 10.2. The van der Waals surface area contributed by atoms with Crippen molar-refractivity contribution >= 4 is 29.7 Å². The van der Waals surface area contributed by atoms with Crippen LogP contribution in [0.15, 0.2) is 24.3 Å². The summed E-state index contributed by atoms with van der Waals surface area (Å²) in [4.78, 5) is 2.37. The molecule has 2 N–H and O–H groups in total. The van der Waals surface area contributed by atoms with Crippen molar-refractivity contribution in [3.63, 3.8) is 0 Å². The van der Waals surface area contributed by atoms with Crippen LogP contribution in [0.2, 0.25) is 5.02 Å². The van der Waals surface area contributed by atoms with Gasteiger partial charge in [-0.2, -0.15) is 0 Å². The second-order valence-corrected chi connectivity index (χ2v) is 4.14. The van der Waals surface area contributed by atoms with Crippen molar-refractivity contribution in [2.45, 2.75) is 18.9 Å². The van der Waals surface area contributed by atoms with E-state index >= 15 is 0 Å². The molecule has 4 heteroatoms. The maximum atomic E-state index is 5.85. The third-order valence-corrected chi connectivity index (χ3v) is 3.06. The Morgan fingerprint density at radius 3 is 2.60 bits per heavy atom. The fourth-order valence-corrected chi connectivity index (χ4v) is 2.18. The van der Waals surface area contributed by atoms with Crippen LogP contribution in [-0.4, -0.2) is 19.1 Å². The largest absolute Gasteiger partial charge is 0.367 e. The fraction of sp³-hybridized carbons (Fsp3) is 0.455. The highest BCUT2D eigenvalue weighted by Gasteiger charge is 2.22. The van der Waals surface area contributed by atoms with Gasteiger partial charge in [-0.15, -0.1) is 12.4 Å². The number of hydrogen-bond acceptors (Lipinski definition) is 2. The van der Waals surface area contributed by atoms with E-state index in [1.165, 1.54) is 18.5 Å². The van der Waals surface area contributed by atoms with Gasteiger partial charge in [-0.1, -0.05) is 11.6 Å². The van der Waals surface area contributed by atoms with Crippen LogP contribution in [0.5, 0.6) is 0 Å². The zero-order chi connectivity index (χ0) is 9.97. The molecule has 1 saturated heterocycles. The van der Waals surface area contributed by atoms with Crippen molar-refractivity contribution in [1.29, 1.82) is 0 Å². The number of rotatable bonds is 2. The summed E-state index contributed by atoms with van der Waals surface area (Å²) in [7, 11) is 0. The van der Waals surface area contributed by atoms with Crippen LogP contribution in [0.3, 0.4) is 0 Å². The number of hydrogen-bond donors (Lipinski definition) is 1. The Balaban J connectivity index is 0.00000112. The SMILES string of the molecule is Cl.NCC1CCCN1c1ccc(Cl)cc1. The Hall–Kier alpha value is -0.440. The molecule has 1 fully saturated rings. The second-order valence-electron chi connectivity index (χ2n) is 3.70. The molecule has 1 aromatic carbocycles. The van der Waals surface area contributed by atoms with Gasteiger partial charge in [-0.05, 0) is 37.1 Å². The summed E-state index contributed by atoms with van der Waals surface area (Å²) in [6, 6.07) is 8.51. The predicted molar refractivity (Wildman–Crippen MR) is 68.1 cm³/mol. The maximum Gasteiger partial charge on any atom is 0.0412 e. The van der Waals surface area contributed by atoms with Crippen LogP contribution in [-0.2, 0) is 0 Å². The number of halogens is 2. The third kappa shape index (κ3) is 2.77. The second kappa shape index (κ2) is 5.59. The molecule has 84 valence electrons. The molecule has 15 heavy (non-hydrogen) atoms. The Bertz CT molecular complexity index is 300. The summed E-state index contributed by atoms with van der Waals surface area (Å²) in [6.07, 6.45) is 2.45. The highest BCUT2D eigenvalue weighted by molar-refractivity contribution is 6.30. The molecule has 1 aliphatic rings. The fourth-order valence-electron chi connectivity index (χ4n) is 2.05. The molecule has 0 amide bonds. The first kappa shape index (κ1) is 12.6. The summed E-state index contributed by atoms with van der Waals surface area (Å²) in [6.45, 7) is 1.85. The number of nitrogens with two attached hydrogens (primary N) is 1. The van der Waals surface area contributed by atoms with E-state index in [0.29, 0.717) is 6.04 Å². The van der Waals surface area contributed by atoms with E-state index in [1.807, 2.05) is 12.1 Å². The van der Waals surface area contributed by atoms with E-state index in [9.17, 15) is 0 Å². The van der Waals surface area contributed by atoms with Gasteiger partial charge in [0.05, 0.1) is 0 Å². The molecule has 2 nitrogen and oxygen atoms in total. The highest BCUT2D eigenvalue weighted by Crippen LogP contribution is 2.25. The Kier molecular flexibility index (Phi) is 4.71. The van der Waals surface area contributed by atoms with E-state index in [-0.39, 0.29) is 12.4 Å². The van der Waals surface area contributed by atoms with Crippen LogP contribution >= 0.6 is 24.0 Å². The lowest BCUT2D eigenvalue weighted by molar-refractivity contribution is 0.677. The first-order valence-electron chi connectivity index (χ1n) is 5.03. The average Bonchev–Trinajstić information content (AvgIpc) is 2.67. The lowest BCUT2D eigenvalue weighted by Crippen LogP contribution is -2.35. The Morgan fingerprint density at radius 1 is 1.33 bits per heavy atom. The number of anilines is 1. The highest BCUT2D eigenvalue weighted by atomic mass is 35.5. The molecular formula is C11H16Cl2N2. The van der Waals surface area contributed by atoms with Crippen molar-refractivity contribution in [1.82, 2.24) is 0 Å². The monoisotopic (exact) mass is 246 g/mol. The summed E-state index contributed by atoms with van der Waals surface area (Å²) in [5, 5.41) is 0.789. The molecule has 2 rings (SSSR count). The molecule has 0 aromatic heterocycles. The van der Waals surface area contributed by atoms with Crippen molar-refractivity contribution in [3.8, 4) is 0 Å². The molecule has 1 aromatic rings. The van der Waals surface area contributed by atoms with Crippen LogP contribution in [0.25, 0.3) is 0 Å². The topological polar surface area (TPSA) is 29.3 Å². The zero-order valence-corrected chi connectivity index (χ0v) is 10.1. The van der Waals surface area contributed by atoms with Gasteiger partial charge in [0, 0.05) is 29.8 Å². The lowest BCUT2D eigenvalue weighted by Gasteiger charge is -2.25. The summed E-state index contributed by atoms with van der Waals surface area (Å²) < 4.78 is 0. The van der Waals surface area contributed by atoms with Gasteiger partial charge in [0.1, 0.15) is 0 Å². The third-order valence-electron chi connectivity index (χ3n) is 2.81. The molecule has 1 atom stereocenters. The van der Waals surface area contributed by atoms with Crippen LogP contribution in [0.4, 0.5) is 5.69 Å². The molecule has 0 aliphatic carbocycles. The predicted octanol–water partition coefficient (Wildman–Crippen LogP) is 2.69. The number of benzene rings is 1. The number of nitrogens with zero attached hydrogens (tertiary/aromatic N) is 1. The standard InChI is InChI=1S/C11H15ClN2.ClH/c12-9-3-5-10(6-4-9)14-7-1-2-11(14)8-13;/h3-6,11H,1-2,7-8,13H2;1H. The van der Waals surface area contributed by atoms with Crippen molar-refractivity contribution in [2.75, 3.05) is 18.0 Å². The van der Waals surface area contributed by atoms with Gasteiger partial charge < -0.3 is 10.6 Å². The molecule has 0 radical (unpaired) electrons. The molecule has 1 heterocycles. The Morgan fingerprint density at radius 2 is 2.00 bits per heavy atom. The first-order valence-corrected chi connectivity index (χ1v) is 5.41. The summed E-state index contributed by atoms with van der Waals surface area (Å²) in [5.41, 5.74) is 6.96. The summed E-state index contributed by atoms with van der Waals surface area (Å²) in [5.74, 6) is 0. The van der Waals surface area contributed by atoms with E-state index < -0.39 is 0 Å². The van der Waals surface area contributed by atoms with Gasteiger partial charge in [-0.3, -0.25) is 0 Å². The minimum absolute atomic E-state index is 0. The van der Waals surface area contributed by atoms with Crippen LogP contribution in [0, 0.1) is 0 Å². The van der Waals surface area contributed by atoms with E-state index in [4.69, 9.17) is 17.3 Å². The summed E-state index contributed by atoms with van der Waals surface area (Å²) >= 11 is 5.85. The van der Waals surface area contributed by atoms with Gasteiger partial charge in [0.25, 0.3) is 0 Å². The maximum absolute atomic E-state index is 5.85. The minimum Gasteiger partial charge on any atom is -0.367 e. The quantitative estimate of drug-likeness (QED) is 0.870. The molecule has 0 bridgehead atoms. The Labute approximate surface area is 102 Å². The molecule has 0 spiro atoms. The minimum atomic E-state index is 0. The normalized spacial score (nSPS) is 20.1. The molecular weight excluding hydrogens is 231 g/mol. The van der Waals surface area contributed by atoms with Crippen LogP contribution in [0.1, 0.15) is 12.8 Å². The van der Waals surface area contributed by atoms with Crippen molar-refractivity contribution in [2.24, 2.45) is 5.73 Å². The first-order chi connectivity index (χ1) is 6.81. The molecule has 0 saturated carbocycles. The van der Waals surface area contributed by atoms with Crippen molar-refractivity contribution < 1.29 is 0 Å². The molecule has 1 unspecified atom stereocenters. The van der Waals surface area contributed by atoms with Crippen LogP contribution < -0.4 is 10.6 Å². The molecule has 1 aliphatic heterocycles. The average molecular weight is 247 g/mol. The van der Waals surface area contributed by atoms with Gasteiger partial charge in [0.15, 0.2) is 0 Å². The van der Waals surface area contributed by atoms with Gasteiger partial charge in [0.2, 0.25) is 0 Å². The smallest absolute Gasteiger partial charge is 0.0412 e. The van der Waals surface area contributed by atoms with Crippen molar-refractivity contribution in [3.05, 3.63) is 29.3 Å².